The largest absolute Gasteiger partial charge is 0.492 e. The molecular weight excluding hydrogens is 238 g/mol. The number of hydrogen-bond acceptors (Lipinski definition) is 2. The minimum Gasteiger partial charge on any atom is -0.492 e. The Bertz CT molecular complexity index is 428. The zero-order valence-corrected chi connectivity index (χ0v) is 11.9. The number of guanidine groups is 1. The normalized spacial score (nSPS) is 21.9. The highest BCUT2D eigenvalue weighted by Crippen LogP contribution is 2.28. The van der Waals surface area contributed by atoms with E-state index in [2.05, 4.69) is 41.6 Å². The summed E-state index contributed by atoms with van der Waals surface area (Å²) in [5.74, 6) is 2.54. The summed E-state index contributed by atoms with van der Waals surface area (Å²) < 4.78 is 5.65. The summed E-state index contributed by atoms with van der Waals surface area (Å²) in [6.07, 6.45) is 1.24. The van der Waals surface area contributed by atoms with E-state index < -0.39 is 0 Å². The van der Waals surface area contributed by atoms with Crippen LogP contribution >= 0.6 is 0 Å². The van der Waals surface area contributed by atoms with Gasteiger partial charge in [0.2, 0.25) is 0 Å². The first-order valence-corrected chi connectivity index (χ1v) is 6.85. The van der Waals surface area contributed by atoms with Crippen molar-refractivity contribution in [3.05, 3.63) is 29.8 Å². The van der Waals surface area contributed by atoms with Crippen LogP contribution in [0.1, 0.15) is 18.9 Å². The van der Waals surface area contributed by atoms with E-state index in [1.54, 1.807) is 7.05 Å². The first kappa shape index (κ1) is 13.7. The molecule has 2 atom stereocenters. The maximum Gasteiger partial charge on any atom is 0.191 e. The van der Waals surface area contributed by atoms with Gasteiger partial charge >= 0.3 is 0 Å². The monoisotopic (exact) mass is 261 g/mol. The Kier molecular flexibility index (Phi) is 4.66. The molecule has 1 aromatic carbocycles. The highest BCUT2D eigenvalue weighted by atomic mass is 16.5. The van der Waals surface area contributed by atoms with E-state index in [-0.39, 0.29) is 0 Å². The second-order valence-corrected chi connectivity index (χ2v) is 5.12. The number of ether oxygens (including phenoxy) is 1. The Labute approximate surface area is 115 Å². The highest BCUT2D eigenvalue weighted by molar-refractivity contribution is 5.80. The molecule has 0 amide bonds. The van der Waals surface area contributed by atoms with Gasteiger partial charge in [0.05, 0.1) is 6.54 Å². The van der Waals surface area contributed by atoms with E-state index in [9.17, 15) is 0 Å². The van der Waals surface area contributed by atoms with Crippen LogP contribution in [0.3, 0.4) is 0 Å². The van der Waals surface area contributed by atoms with Gasteiger partial charge in [0, 0.05) is 13.1 Å². The van der Waals surface area contributed by atoms with Crippen molar-refractivity contribution in [3.63, 3.8) is 0 Å². The van der Waals surface area contributed by atoms with Crippen molar-refractivity contribution >= 4 is 5.96 Å². The lowest BCUT2D eigenvalue weighted by Crippen LogP contribution is -2.40. The maximum atomic E-state index is 5.65. The molecule has 0 aliphatic heterocycles. The van der Waals surface area contributed by atoms with Crippen molar-refractivity contribution in [2.45, 2.75) is 26.3 Å². The molecule has 1 aliphatic rings. The molecule has 1 aromatic rings. The van der Waals surface area contributed by atoms with Crippen LogP contribution in [-0.4, -0.2) is 32.2 Å². The number of aryl methyl sites for hydroxylation is 1. The Hall–Kier alpha value is -1.71. The lowest BCUT2D eigenvalue weighted by Gasteiger charge is -2.12. The molecule has 0 radical (unpaired) electrons. The van der Waals surface area contributed by atoms with Crippen LogP contribution in [0, 0.1) is 12.8 Å². The van der Waals surface area contributed by atoms with Gasteiger partial charge in [-0.05, 0) is 31.4 Å². The molecule has 19 heavy (non-hydrogen) atoms. The highest BCUT2D eigenvalue weighted by Gasteiger charge is 2.33. The zero-order valence-electron chi connectivity index (χ0n) is 11.9. The fourth-order valence-electron chi connectivity index (χ4n) is 1.87. The Morgan fingerprint density at radius 2 is 2.05 bits per heavy atom. The van der Waals surface area contributed by atoms with Crippen molar-refractivity contribution in [1.82, 2.24) is 10.6 Å². The molecule has 4 nitrogen and oxygen atoms in total. The molecule has 2 N–H and O–H groups in total. The Morgan fingerprint density at radius 1 is 1.37 bits per heavy atom. The third-order valence-electron chi connectivity index (χ3n) is 3.34. The van der Waals surface area contributed by atoms with Crippen LogP contribution in [0.5, 0.6) is 5.75 Å². The lowest BCUT2D eigenvalue weighted by molar-refractivity contribution is 0.322. The summed E-state index contributed by atoms with van der Waals surface area (Å²) in [5.41, 5.74) is 1.24. The van der Waals surface area contributed by atoms with Gasteiger partial charge in [0.15, 0.2) is 5.96 Å². The van der Waals surface area contributed by atoms with E-state index in [0.29, 0.717) is 12.6 Å². The molecule has 0 bridgehead atoms. The van der Waals surface area contributed by atoms with Gasteiger partial charge in [0.25, 0.3) is 0 Å². The summed E-state index contributed by atoms with van der Waals surface area (Å²) in [6, 6.07) is 8.68. The van der Waals surface area contributed by atoms with Crippen molar-refractivity contribution < 1.29 is 4.74 Å². The molecule has 1 saturated carbocycles. The van der Waals surface area contributed by atoms with Gasteiger partial charge in [-0.25, -0.2) is 0 Å². The Morgan fingerprint density at radius 3 is 2.63 bits per heavy atom. The summed E-state index contributed by atoms with van der Waals surface area (Å²) >= 11 is 0. The first-order valence-electron chi connectivity index (χ1n) is 6.85. The molecule has 0 heterocycles. The van der Waals surface area contributed by atoms with E-state index >= 15 is 0 Å². The first-order chi connectivity index (χ1) is 9.19. The number of nitrogens with one attached hydrogen (secondary N) is 2. The average molecular weight is 261 g/mol. The van der Waals surface area contributed by atoms with Gasteiger partial charge in [-0.1, -0.05) is 24.6 Å². The fraction of sp³-hybridized carbons (Fsp3) is 0.533. The van der Waals surface area contributed by atoms with Crippen molar-refractivity contribution in [2.24, 2.45) is 10.9 Å². The molecule has 2 unspecified atom stereocenters. The second kappa shape index (κ2) is 6.45. The van der Waals surface area contributed by atoms with Gasteiger partial charge in [-0.15, -0.1) is 0 Å². The van der Waals surface area contributed by atoms with Crippen LogP contribution in [0.15, 0.2) is 29.3 Å². The van der Waals surface area contributed by atoms with Crippen LogP contribution in [0.25, 0.3) is 0 Å². The van der Waals surface area contributed by atoms with Crippen LogP contribution in [-0.2, 0) is 0 Å². The van der Waals surface area contributed by atoms with E-state index in [0.717, 1.165) is 24.2 Å². The molecule has 0 aromatic heterocycles. The average Bonchev–Trinajstić information content (AvgIpc) is 3.11. The summed E-state index contributed by atoms with van der Waals surface area (Å²) in [6.45, 7) is 5.68. The van der Waals surface area contributed by atoms with Crippen molar-refractivity contribution in [2.75, 3.05) is 20.2 Å². The van der Waals surface area contributed by atoms with Gasteiger partial charge in [-0.2, -0.15) is 0 Å². The quantitative estimate of drug-likeness (QED) is 0.484. The van der Waals surface area contributed by atoms with Crippen LogP contribution in [0.2, 0.25) is 0 Å². The predicted octanol–water partition coefficient (Wildman–Crippen LogP) is 1.95. The predicted molar refractivity (Wildman–Crippen MR) is 78.7 cm³/mol. The SMILES string of the molecule is CN=C(NCCOc1ccc(C)cc1)NC1CC1C. The fourth-order valence-corrected chi connectivity index (χ4v) is 1.87. The minimum atomic E-state index is 0.587. The molecule has 2 rings (SSSR count). The van der Waals surface area contributed by atoms with E-state index in [1.807, 2.05) is 12.1 Å². The topological polar surface area (TPSA) is 45.7 Å². The standard InChI is InChI=1S/C15H23N3O/c1-11-4-6-13(7-5-11)19-9-8-17-15(16-3)18-14-10-12(14)2/h4-7,12,14H,8-10H2,1-3H3,(H2,16,17,18). The molecule has 4 heteroatoms. The number of nitrogens with zero attached hydrogens (tertiary/aromatic N) is 1. The minimum absolute atomic E-state index is 0.587. The molecule has 1 aliphatic carbocycles. The van der Waals surface area contributed by atoms with Gasteiger partial charge in [-0.3, -0.25) is 4.99 Å². The third kappa shape index (κ3) is 4.47. The molecule has 0 saturated heterocycles. The smallest absolute Gasteiger partial charge is 0.191 e. The summed E-state index contributed by atoms with van der Waals surface area (Å²) in [4.78, 5) is 4.20. The molecular formula is C15H23N3O. The second-order valence-electron chi connectivity index (χ2n) is 5.12. The summed E-state index contributed by atoms with van der Waals surface area (Å²) in [5, 5.41) is 6.64. The Balaban J connectivity index is 1.64. The number of aliphatic imine (C=N–C) groups is 1. The maximum absolute atomic E-state index is 5.65. The molecule has 104 valence electrons. The lowest BCUT2D eigenvalue weighted by atomic mass is 10.2. The van der Waals surface area contributed by atoms with Crippen LogP contribution < -0.4 is 15.4 Å². The van der Waals surface area contributed by atoms with Crippen molar-refractivity contribution in [3.8, 4) is 5.75 Å². The molecule has 1 fully saturated rings. The number of rotatable bonds is 5. The number of hydrogen-bond donors (Lipinski definition) is 2. The van der Waals surface area contributed by atoms with E-state index in [1.165, 1.54) is 12.0 Å². The van der Waals surface area contributed by atoms with Gasteiger partial charge in [0.1, 0.15) is 12.4 Å². The van der Waals surface area contributed by atoms with Crippen LogP contribution in [0.4, 0.5) is 0 Å². The summed E-state index contributed by atoms with van der Waals surface area (Å²) in [7, 11) is 1.79. The zero-order chi connectivity index (χ0) is 13.7. The van der Waals surface area contributed by atoms with Gasteiger partial charge < -0.3 is 15.4 Å². The molecule has 0 spiro atoms. The third-order valence-corrected chi connectivity index (χ3v) is 3.34. The van der Waals surface area contributed by atoms with Crippen molar-refractivity contribution in [1.29, 1.82) is 0 Å². The van der Waals surface area contributed by atoms with E-state index in [4.69, 9.17) is 4.74 Å². The number of benzene rings is 1.